The van der Waals surface area contributed by atoms with E-state index in [0.29, 0.717) is 0 Å². The largest absolute Gasteiger partial charge is 0.315 e. The van der Waals surface area contributed by atoms with Crippen LogP contribution in [0.5, 0.6) is 0 Å². The Kier molecular flexibility index (Phi) is 7.06. The quantitative estimate of drug-likeness (QED) is 0.672. The zero-order valence-corrected chi connectivity index (χ0v) is 11.5. The number of nitrogens with one attached hydrogen (secondary N) is 1. The maximum Gasteiger partial charge on any atom is 0.0107 e. The van der Waals surface area contributed by atoms with Crippen molar-refractivity contribution in [2.75, 3.05) is 32.7 Å². The second-order valence-corrected chi connectivity index (χ2v) is 5.41. The van der Waals surface area contributed by atoms with Crippen LogP contribution in [0.25, 0.3) is 0 Å². The molecule has 1 aliphatic heterocycles. The molecule has 1 fully saturated rings. The van der Waals surface area contributed by atoms with E-state index in [1.807, 2.05) is 0 Å². The summed E-state index contributed by atoms with van der Waals surface area (Å²) < 4.78 is 0. The van der Waals surface area contributed by atoms with Gasteiger partial charge in [-0.25, -0.2) is 0 Å². The van der Waals surface area contributed by atoms with Crippen molar-refractivity contribution in [2.45, 2.75) is 46.5 Å². The number of rotatable bonds is 7. The minimum Gasteiger partial charge on any atom is -0.315 e. The highest BCUT2D eigenvalue weighted by atomic mass is 15.1. The minimum absolute atomic E-state index is 0.876. The van der Waals surface area contributed by atoms with Gasteiger partial charge in [-0.2, -0.15) is 0 Å². The van der Waals surface area contributed by atoms with Gasteiger partial charge in [0.05, 0.1) is 0 Å². The van der Waals surface area contributed by atoms with Crippen LogP contribution in [0, 0.1) is 11.8 Å². The number of piperidine rings is 1. The molecule has 0 radical (unpaired) electrons. The van der Waals surface area contributed by atoms with Crippen LogP contribution < -0.4 is 5.32 Å². The van der Waals surface area contributed by atoms with Crippen molar-refractivity contribution >= 4 is 0 Å². The molecule has 16 heavy (non-hydrogen) atoms. The summed E-state index contributed by atoms with van der Waals surface area (Å²) in [4.78, 5) is 2.61. The van der Waals surface area contributed by atoms with Crippen molar-refractivity contribution in [2.24, 2.45) is 11.8 Å². The van der Waals surface area contributed by atoms with Crippen molar-refractivity contribution in [3.8, 4) is 0 Å². The molecule has 1 aliphatic rings. The van der Waals surface area contributed by atoms with E-state index in [9.17, 15) is 0 Å². The average Bonchev–Trinajstić information content (AvgIpc) is 2.32. The highest BCUT2D eigenvalue weighted by Crippen LogP contribution is 2.15. The molecule has 0 aromatic rings. The molecule has 2 heteroatoms. The van der Waals surface area contributed by atoms with Crippen molar-refractivity contribution in [3.05, 3.63) is 0 Å². The highest BCUT2D eigenvalue weighted by molar-refractivity contribution is 4.70. The summed E-state index contributed by atoms with van der Waals surface area (Å²) >= 11 is 0. The first-order valence-electron chi connectivity index (χ1n) is 7.19. The second-order valence-electron chi connectivity index (χ2n) is 5.41. The lowest BCUT2D eigenvalue weighted by Gasteiger charge is -2.30. The third kappa shape index (κ3) is 5.31. The van der Waals surface area contributed by atoms with E-state index in [1.54, 1.807) is 0 Å². The summed E-state index contributed by atoms with van der Waals surface area (Å²) in [7, 11) is 0. The van der Waals surface area contributed by atoms with Gasteiger partial charge in [0, 0.05) is 13.1 Å². The van der Waals surface area contributed by atoms with Crippen LogP contribution in [-0.2, 0) is 0 Å². The molecule has 1 rings (SSSR count). The van der Waals surface area contributed by atoms with Gasteiger partial charge in [0.1, 0.15) is 0 Å². The molecule has 0 amide bonds. The number of nitrogens with zero attached hydrogens (tertiary/aromatic N) is 1. The standard InChI is InChI=1S/C14H30N2/c1-4-14(5-2)12-15-8-11-16-9-6-13(3)7-10-16/h13-15H,4-12H2,1-3H3. The lowest BCUT2D eigenvalue weighted by Crippen LogP contribution is -2.38. The van der Waals surface area contributed by atoms with Crippen molar-refractivity contribution in [1.82, 2.24) is 10.2 Å². The van der Waals surface area contributed by atoms with E-state index in [1.165, 1.54) is 58.4 Å². The van der Waals surface area contributed by atoms with Crippen molar-refractivity contribution < 1.29 is 0 Å². The molecular formula is C14H30N2. The molecule has 1 N–H and O–H groups in total. The van der Waals surface area contributed by atoms with Gasteiger partial charge in [0.25, 0.3) is 0 Å². The molecule has 0 saturated carbocycles. The Morgan fingerprint density at radius 1 is 1.19 bits per heavy atom. The summed E-state index contributed by atoms with van der Waals surface area (Å²) in [6.07, 6.45) is 5.41. The number of hydrogen-bond donors (Lipinski definition) is 1. The minimum atomic E-state index is 0.876. The average molecular weight is 226 g/mol. The van der Waals surface area contributed by atoms with Gasteiger partial charge >= 0.3 is 0 Å². The van der Waals surface area contributed by atoms with Crippen molar-refractivity contribution in [1.29, 1.82) is 0 Å². The van der Waals surface area contributed by atoms with E-state index in [2.05, 4.69) is 31.0 Å². The predicted octanol–water partition coefficient (Wildman–Crippen LogP) is 2.74. The summed E-state index contributed by atoms with van der Waals surface area (Å²) in [5, 5.41) is 3.60. The monoisotopic (exact) mass is 226 g/mol. The Morgan fingerprint density at radius 3 is 2.38 bits per heavy atom. The zero-order chi connectivity index (χ0) is 11.8. The maximum atomic E-state index is 3.60. The van der Waals surface area contributed by atoms with Gasteiger partial charge in [0.15, 0.2) is 0 Å². The Morgan fingerprint density at radius 2 is 1.81 bits per heavy atom. The maximum absolute atomic E-state index is 3.60. The van der Waals surface area contributed by atoms with E-state index < -0.39 is 0 Å². The third-order valence-corrected chi connectivity index (χ3v) is 4.07. The van der Waals surface area contributed by atoms with E-state index in [4.69, 9.17) is 0 Å². The Hall–Kier alpha value is -0.0800. The van der Waals surface area contributed by atoms with Crippen LogP contribution in [0.2, 0.25) is 0 Å². The highest BCUT2D eigenvalue weighted by Gasteiger charge is 2.14. The van der Waals surface area contributed by atoms with Gasteiger partial charge in [-0.3, -0.25) is 0 Å². The Balaban J connectivity index is 1.98. The van der Waals surface area contributed by atoms with Crippen LogP contribution >= 0.6 is 0 Å². The summed E-state index contributed by atoms with van der Waals surface area (Å²) in [6.45, 7) is 13.2. The number of likely N-dealkylation sites (tertiary alicyclic amines) is 1. The van der Waals surface area contributed by atoms with Crippen LogP contribution in [0.4, 0.5) is 0 Å². The molecule has 0 aliphatic carbocycles. The van der Waals surface area contributed by atoms with Gasteiger partial charge in [-0.05, 0) is 44.3 Å². The lowest BCUT2D eigenvalue weighted by atomic mass is 9.99. The topological polar surface area (TPSA) is 15.3 Å². The predicted molar refractivity (Wildman–Crippen MR) is 71.8 cm³/mol. The normalized spacial score (nSPS) is 19.5. The summed E-state index contributed by atoms with van der Waals surface area (Å²) in [5.74, 6) is 1.83. The zero-order valence-electron chi connectivity index (χ0n) is 11.5. The Labute approximate surface area is 102 Å². The first kappa shape index (κ1) is 14.0. The molecule has 1 saturated heterocycles. The van der Waals surface area contributed by atoms with Crippen LogP contribution in [0.3, 0.4) is 0 Å². The van der Waals surface area contributed by atoms with Gasteiger partial charge in [0.2, 0.25) is 0 Å². The fourth-order valence-corrected chi connectivity index (χ4v) is 2.41. The molecule has 2 nitrogen and oxygen atoms in total. The number of hydrogen-bond acceptors (Lipinski definition) is 2. The van der Waals surface area contributed by atoms with Crippen LogP contribution in [0.15, 0.2) is 0 Å². The fourth-order valence-electron chi connectivity index (χ4n) is 2.41. The SMILES string of the molecule is CCC(CC)CNCCN1CCC(C)CC1. The Bertz CT molecular complexity index is 158. The van der Waals surface area contributed by atoms with Crippen LogP contribution in [0.1, 0.15) is 46.5 Å². The molecule has 0 aromatic carbocycles. The van der Waals surface area contributed by atoms with Gasteiger partial charge in [-0.1, -0.05) is 33.6 Å². The van der Waals surface area contributed by atoms with Crippen LogP contribution in [-0.4, -0.2) is 37.6 Å². The first-order chi connectivity index (χ1) is 7.76. The molecule has 96 valence electrons. The third-order valence-electron chi connectivity index (χ3n) is 4.07. The van der Waals surface area contributed by atoms with Crippen molar-refractivity contribution in [3.63, 3.8) is 0 Å². The fraction of sp³-hybridized carbons (Fsp3) is 1.00. The molecule has 0 aromatic heterocycles. The summed E-state index contributed by atoms with van der Waals surface area (Å²) in [5.41, 5.74) is 0. The summed E-state index contributed by atoms with van der Waals surface area (Å²) in [6, 6.07) is 0. The molecule has 0 bridgehead atoms. The second kappa shape index (κ2) is 8.08. The molecular weight excluding hydrogens is 196 g/mol. The molecule has 0 atom stereocenters. The van der Waals surface area contributed by atoms with E-state index in [0.717, 1.165) is 11.8 Å². The van der Waals surface area contributed by atoms with E-state index in [-0.39, 0.29) is 0 Å². The lowest BCUT2D eigenvalue weighted by molar-refractivity contribution is 0.192. The molecule has 0 spiro atoms. The van der Waals surface area contributed by atoms with Gasteiger partial charge in [-0.15, -0.1) is 0 Å². The van der Waals surface area contributed by atoms with E-state index >= 15 is 0 Å². The molecule has 1 heterocycles. The smallest absolute Gasteiger partial charge is 0.0107 e. The molecule has 0 unspecified atom stereocenters. The van der Waals surface area contributed by atoms with Gasteiger partial charge < -0.3 is 10.2 Å². The first-order valence-corrected chi connectivity index (χ1v) is 7.19.